The summed E-state index contributed by atoms with van der Waals surface area (Å²) >= 11 is 0. The van der Waals surface area contributed by atoms with Crippen molar-refractivity contribution >= 4 is 16.0 Å². The zero-order chi connectivity index (χ0) is 21.8. The van der Waals surface area contributed by atoms with E-state index >= 15 is 0 Å². The molecular weight excluding hydrogens is 419 g/mol. The molecule has 2 aromatic rings. The molecule has 0 bridgehead atoms. The highest BCUT2D eigenvalue weighted by molar-refractivity contribution is 7.95. The maximum Gasteiger partial charge on any atom is 0.416 e. The molecule has 1 heterocycles. The van der Waals surface area contributed by atoms with Crippen molar-refractivity contribution in [1.82, 2.24) is 4.31 Å². The van der Waals surface area contributed by atoms with Crippen molar-refractivity contribution in [2.24, 2.45) is 0 Å². The lowest BCUT2D eigenvalue weighted by molar-refractivity contribution is -0.137. The summed E-state index contributed by atoms with van der Waals surface area (Å²) in [6, 6.07) is 8.77. The van der Waals surface area contributed by atoms with Gasteiger partial charge in [0.15, 0.2) is 0 Å². The van der Waals surface area contributed by atoms with Gasteiger partial charge in [-0.2, -0.15) is 17.5 Å². The van der Waals surface area contributed by atoms with Gasteiger partial charge in [-0.1, -0.05) is 18.2 Å². The summed E-state index contributed by atoms with van der Waals surface area (Å²) in [5, 5.41) is -0.460. The van der Waals surface area contributed by atoms with Crippen LogP contribution < -0.4 is 0 Å². The van der Waals surface area contributed by atoms with Crippen molar-refractivity contribution in [1.29, 1.82) is 0 Å². The van der Waals surface area contributed by atoms with Crippen molar-refractivity contribution in [3.8, 4) is 0 Å². The predicted molar refractivity (Wildman–Crippen MR) is 103 cm³/mol. The summed E-state index contributed by atoms with van der Waals surface area (Å²) in [5.41, 5.74) is 2.16. The van der Waals surface area contributed by atoms with Crippen LogP contribution in [0.15, 0.2) is 36.4 Å². The van der Waals surface area contributed by atoms with Gasteiger partial charge in [-0.05, 0) is 66.6 Å². The molecule has 1 aliphatic heterocycles. The number of nitrogens with zero attached hydrogens (tertiary/aromatic N) is 1. The van der Waals surface area contributed by atoms with E-state index in [4.69, 9.17) is 0 Å². The van der Waals surface area contributed by atoms with Crippen LogP contribution in [0.4, 0.5) is 13.2 Å². The maximum atomic E-state index is 13.2. The Morgan fingerprint density at radius 1 is 1.10 bits per heavy atom. The van der Waals surface area contributed by atoms with Crippen molar-refractivity contribution in [3.63, 3.8) is 0 Å². The number of rotatable bonds is 4. The largest absolute Gasteiger partial charge is 0.465 e. The molecule has 3 atom stereocenters. The molecule has 1 fully saturated rings. The lowest BCUT2D eigenvalue weighted by Gasteiger charge is -2.12. The Hall–Kier alpha value is -2.39. The van der Waals surface area contributed by atoms with E-state index in [1.54, 1.807) is 6.92 Å². The number of fused-ring (bicyclic) bond motifs is 1. The van der Waals surface area contributed by atoms with Gasteiger partial charge in [0, 0.05) is 6.04 Å². The van der Waals surface area contributed by atoms with E-state index in [2.05, 4.69) is 4.74 Å². The average Bonchev–Trinajstić information content (AvgIpc) is 3.00. The maximum absolute atomic E-state index is 13.2. The molecule has 0 N–H and O–H groups in total. The number of ether oxygens (including phenoxy) is 1. The number of sulfonamides is 1. The zero-order valence-electron chi connectivity index (χ0n) is 16.4. The van der Waals surface area contributed by atoms with E-state index in [-0.39, 0.29) is 18.0 Å². The molecule has 9 heteroatoms. The highest BCUT2D eigenvalue weighted by atomic mass is 32.2. The molecule has 2 unspecified atom stereocenters. The number of hydrogen-bond donors (Lipinski definition) is 0. The molecule has 0 radical (unpaired) electrons. The predicted octanol–water partition coefficient (Wildman–Crippen LogP) is 3.54. The van der Waals surface area contributed by atoms with E-state index in [1.807, 2.05) is 18.2 Å². The van der Waals surface area contributed by atoms with E-state index in [0.29, 0.717) is 18.4 Å². The number of halogens is 3. The van der Waals surface area contributed by atoms with Gasteiger partial charge >= 0.3 is 12.1 Å². The Labute approximate surface area is 172 Å². The van der Waals surface area contributed by atoms with Crippen LogP contribution in [0.2, 0.25) is 0 Å². The van der Waals surface area contributed by atoms with Gasteiger partial charge in [-0.15, -0.1) is 0 Å². The number of esters is 1. The van der Waals surface area contributed by atoms with E-state index in [1.165, 1.54) is 10.4 Å². The fourth-order valence-electron chi connectivity index (χ4n) is 4.19. The molecule has 0 amide bonds. The Balaban J connectivity index is 1.58. The minimum Gasteiger partial charge on any atom is -0.465 e. The molecule has 0 spiro atoms. The second-order valence-corrected chi connectivity index (χ2v) is 9.86. The van der Waals surface area contributed by atoms with Crippen LogP contribution in [-0.2, 0) is 40.2 Å². The number of carbonyl (C=O) groups excluding carboxylic acids is 1. The lowest BCUT2D eigenvalue weighted by atomic mass is 9.97. The molecule has 1 aliphatic carbocycles. The second kappa shape index (κ2) is 7.09. The summed E-state index contributed by atoms with van der Waals surface area (Å²) in [6.07, 6.45) is -3.15. The third-order valence-corrected chi connectivity index (χ3v) is 7.80. The molecule has 4 rings (SSSR count). The van der Waals surface area contributed by atoms with E-state index < -0.39 is 33.1 Å². The first-order valence-corrected chi connectivity index (χ1v) is 10.9. The van der Waals surface area contributed by atoms with Gasteiger partial charge in [0.1, 0.15) is 5.37 Å². The molecule has 30 heavy (non-hydrogen) atoms. The Kier molecular flexibility index (Phi) is 4.93. The topological polar surface area (TPSA) is 63.5 Å². The summed E-state index contributed by atoms with van der Waals surface area (Å²) in [6.45, 7) is 1.66. The molecule has 5 nitrogen and oxygen atoms in total. The summed E-state index contributed by atoms with van der Waals surface area (Å²) in [4.78, 5) is 11.8. The fourth-order valence-corrected chi connectivity index (χ4v) is 5.78. The molecule has 1 saturated heterocycles. The van der Waals surface area contributed by atoms with Crippen LogP contribution in [0.25, 0.3) is 0 Å². The smallest absolute Gasteiger partial charge is 0.416 e. The second-order valence-electron chi connectivity index (χ2n) is 7.72. The zero-order valence-corrected chi connectivity index (χ0v) is 17.2. The van der Waals surface area contributed by atoms with Crippen LogP contribution in [0.5, 0.6) is 0 Å². The molecule has 0 aromatic heterocycles. The van der Waals surface area contributed by atoms with Gasteiger partial charge in [0.25, 0.3) is 0 Å². The van der Waals surface area contributed by atoms with Crippen molar-refractivity contribution in [2.75, 3.05) is 7.11 Å². The van der Waals surface area contributed by atoms with Gasteiger partial charge in [0.05, 0.1) is 18.2 Å². The van der Waals surface area contributed by atoms with Crippen LogP contribution in [0, 0.1) is 0 Å². The van der Waals surface area contributed by atoms with Crippen molar-refractivity contribution < 1.29 is 31.1 Å². The number of alkyl halides is 3. The third-order valence-electron chi connectivity index (χ3n) is 5.73. The van der Waals surface area contributed by atoms with E-state index in [9.17, 15) is 26.4 Å². The molecule has 2 aromatic carbocycles. The molecule has 2 aliphatic rings. The van der Waals surface area contributed by atoms with Crippen LogP contribution in [-0.4, -0.2) is 37.2 Å². The van der Waals surface area contributed by atoms with Crippen molar-refractivity contribution in [3.05, 3.63) is 69.8 Å². The summed E-state index contributed by atoms with van der Waals surface area (Å²) in [5.74, 6) is -0.826. The monoisotopic (exact) mass is 439 g/mol. The van der Waals surface area contributed by atoms with Crippen LogP contribution in [0.1, 0.15) is 45.1 Å². The lowest BCUT2D eigenvalue weighted by Crippen LogP contribution is -2.20. The SMILES string of the molecule is COC(=O)c1cc(Cc2ccc3c(c2)C[C@@H](N2C(C)S2(=O)=O)C3)cc(C(F)(F)F)c1. The van der Waals surface area contributed by atoms with Gasteiger partial charge in [-0.25, -0.2) is 13.2 Å². The summed E-state index contributed by atoms with van der Waals surface area (Å²) in [7, 11) is -2.03. The normalized spacial score (nSPS) is 24.4. The van der Waals surface area contributed by atoms with E-state index in [0.717, 1.165) is 35.9 Å². The van der Waals surface area contributed by atoms with Crippen LogP contribution >= 0.6 is 0 Å². The quantitative estimate of drug-likeness (QED) is 0.540. The Bertz CT molecular complexity index is 1130. The van der Waals surface area contributed by atoms with Crippen molar-refractivity contribution in [2.45, 2.75) is 43.8 Å². The van der Waals surface area contributed by atoms with Crippen LogP contribution in [0.3, 0.4) is 0 Å². The number of benzene rings is 2. The first kappa shape index (κ1) is 20.9. The number of carbonyl (C=O) groups is 1. The first-order chi connectivity index (χ1) is 14.0. The minimum absolute atomic E-state index is 0.102. The Morgan fingerprint density at radius 3 is 2.37 bits per heavy atom. The number of methoxy groups -OCH3 is 1. The van der Waals surface area contributed by atoms with Gasteiger partial charge in [0.2, 0.25) is 10.0 Å². The average molecular weight is 439 g/mol. The third kappa shape index (κ3) is 3.72. The minimum atomic E-state index is -4.58. The molecule has 160 valence electrons. The fraction of sp³-hybridized carbons (Fsp3) is 0.381. The standard InChI is InChI=1S/C21H20F3NO4S/c1-12-25(30(12,27)28)19-10-15-4-3-13(6-16(15)11-19)5-14-7-17(20(26)29-2)9-18(8-14)21(22,23)24/h3-4,6-9,12,19H,5,10-11H2,1-2H3/t12?,19-,25?/m0/s1. The number of hydrogen-bond acceptors (Lipinski definition) is 4. The summed E-state index contributed by atoms with van der Waals surface area (Å²) < 4.78 is 69.6. The highest BCUT2D eigenvalue weighted by Crippen LogP contribution is 2.39. The Morgan fingerprint density at radius 2 is 1.77 bits per heavy atom. The first-order valence-electron chi connectivity index (χ1n) is 9.43. The molecule has 0 saturated carbocycles. The highest BCUT2D eigenvalue weighted by Gasteiger charge is 2.55. The molecular formula is C21H20F3NO4S. The van der Waals surface area contributed by atoms with Gasteiger partial charge in [-0.3, -0.25) is 0 Å². The van der Waals surface area contributed by atoms with Gasteiger partial charge < -0.3 is 4.74 Å².